The van der Waals surface area contributed by atoms with Crippen molar-refractivity contribution in [1.29, 1.82) is 0 Å². The number of aromatic amines is 2. The number of hydrogen-bond donors (Lipinski definition) is 4. The van der Waals surface area contributed by atoms with Gasteiger partial charge in [-0.15, -0.1) is 0 Å². The predicted octanol–water partition coefficient (Wildman–Crippen LogP) is 4.11. The highest BCUT2D eigenvalue weighted by atomic mass is 32.2. The number of rotatable bonds is 4. The molecule has 6 unspecified atom stereocenters. The summed E-state index contributed by atoms with van der Waals surface area (Å²) >= 11 is 1.31. The number of aliphatic hydroxyl groups excluding tert-OH is 1. The van der Waals surface area contributed by atoms with E-state index in [1.54, 1.807) is 18.5 Å². The smallest absolute Gasteiger partial charge is 0.178 e. The molecule has 2 aromatic heterocycles. The topological polar surface area (TPSA) is 132 Å². The molecule has 0 radical (unpaired) electrons. The lowest BCUT2D eigenvalue weighted by atomic mass is 9.46. The lowest BCUT2D eigenvalue weighted by Gasteiger charge is -2.59. The van der Waals surface area contributed by atoms with Crippen molar-refractivity contribution < 1.29 is 19.8 Å². The van der Waals surface area contributed by atoms with Crippen LogP contribution in [0.3, 0.4) is 0 Å². The number of thioether (sulfide) groups is 1. The molecule has 3 fully saturated rings. The fraction of sp³-hybridized carbons (Fsp3) is 0.517. The largest absolute Gasteiger partial charge is 0.393 e. The molecule has 198 valence electrons. The van der Waals surface area contributed by atoms with Crippen LogP contribution in [-0.2, 0) is 9.59 Å². The number of nitrogens with one attached hydrogen (secondary N) is 2. The second kappa shape index (κ2) is 8.13. The highest BCUT2D eigenvalue weighted by Gasteiger charge is 2.68. The number of allylic oxidation sites excluding steroid dienone is 4. The fourth-order valence-corrected chi connectivity index (χ4v) is 9.38. The van der Waals surface area contributed by atoms with Gasteiger partial charge in [0.05, 0.1) is 40.3 Å². The van der Waals surface area contributed by atoms with E-state index in [-0.39, 0.29) is 40.5 Å². The maximum Gasteiger partial charge on any atom is 0.178 e. The molecular weight excluding hydrogens is 500 g/mol. The number of benzene rings is 1. The van der Waals surface area contributed by atoms with Gasteiger partial charge in [0.2, 0.25) is 0 Å². The van der Waals surface area contributed by atoms with Crippen LogP contribution in [0.1, 0.15) is 46.0 Å². The summed E-state index contributed by atoms with van der Waals surface area (Å²) in [5, 5.41) is 24.2. The van der Waals surface area contributed by atoms with Gasteiger partial charge in [-0.2, -0.15) is 0 Å². The Morgan fingerprint density at radius 1 is 1.21 bits per heavy atom. The molecule has 7 rings (SSSR count). The molecule has 4 aliphatic rings. The number of aromatic nitrogens is 4. The third kappa shape index (κ3) is 3.24. The molecule has 4 N–H and O–H groups in total. The van der Waals surface area contributed by atoms with Crippen LogP contribution in [-0.4, -0.2) is 59.2 Å². The molecule has 0 spiro atoms. The van der Waals surface area contributed by atoms with Crippen molar-refractivity contribution in [2.24, 2.45) is 28.6 Å². The summed E-state index contributed by atoms with van der Waals surface area (Å²) in [4.78, 5) is 41.0. The van der Waals surface area contributed by atoms with Crippen LogP contribution < -0.4 is 0 Å². The standard InChI is InChI=1S/C29H32N4O4S/c1-27-7-5-16(34)9-15(27)3-4-17-18-6-8-29(37,28(18,2)12-23(35)25(17)27)24(36)13-38-26-32-21-10-19-20(31-14-30-19)11-22(21)33-26/h5,7,9-11,14,17-18,23,25,35,37H,3-4,6,8,12-13H2,1-2H3,(H,30,31)(H,32,33)/t17?,18?,23?,25?,27?,28?,29-/m0/s1. The van der Waals surface area contributed by atoms with Crippen molar-refractivity contribution >= 4 is 45.4 Å². The van der Waals surface area contributed by atoms with E-state index in [0.29, 0.717) is 18.0 Å². The SMILES string of the molecule is CC12C=CC(=O)C=C1CCC1C2C(O)CC2(C)C1CC[C@]2(O)C(=O)CSc1nc2cc3nc[nH]c3cc2[nH]1. The van der Waals surface area contributed by atoms with E-state index in [4.69, 9.17) is 0 Å². The number of ketones is 2. The van der Waals surface area contributed by atoms with Crippen LogP contribution in [0.4, 0.5) is 0 Å². The van der Waals surface area contributed by atoms with Crippen molar-refractivity contribution in [2.45, 2.75) is 62.8 Å². The summed E-state index contributed by atoms with van der Waals surface area (Å²) in [6, 6.07) is 3.86. The quantitative estimate of drug-likeness (QED) is 0.372. The van der Waals surface area contributed by atoms with Crippen molar-refractivity contribution in [3.63, 3.8) is 0 Å². The van der Waals surface area contributed by atoms with E-state index >= 15 is 0 Å². The van der Waals surface area contributed by atoms with Gasteiger partial charge in [-0.05, 0) is 68.2 Å². The Balaban J connectivity index is 1.12. The van der Waals surface area contributed by atoms with Gasteiger partial charge < -0.3 is 20.2 Å². The van der Waals surface area contributed by atoms with Crippen LogP contribution in [0, 0.1) is 28.6 Å². The Hall–Kier alpha value is -2.75. The maximum atomic E-state index is 13.7. The summed E-state index contributed by atoms with van der Waals surface area (Å²) in [6.45, 7) is 4.15. The van der Waals surface area contributed by atoms with Gasteiger partial charge in [0, 0.05) is 16.7 Å². The number of carbonyl (C=O) groups excluding carboxylic acids is 2. The third-order valence-electron chi connectivity index (χ3n) is 10.5. The molecule has 2 heterocycles. The predicted molar refractivity (Wildman–Crippen MR) is 144 cm³/mol. The minimum Gasteiger partial charge on any atom is -0.393 e. The summed E-state index contributed by atoms with van der Waals surface area (Å²) in [5.74, 6) is 0.232. The van der Waals surface area contributed by atoms with Crippen molar-refractivity contribution in [3.8, 4) is 0 Å². The van der Waals surface area contributed by atoms with Gasteiger partial charge in [-0.1, -0.05) is 37.3 Å². The minimum atomic E-state index is -1.49. The van der Waals surface area contributed by atoms with Crippen LogP contribution in [0.15, 0.2) is 47.4 Å². The number of nitrogens with zero attached hydrogens (tertiary/aromatic N) is 2. The molecular formula is C29H32N4O4S. The maximum absolute atomic E-state index is 13.7. The van der Waals surface area contributed by atoms with Crippen LogP contribution >= 0.6 is 11.8 Å². The first-order valence-electron chi connectivity index (χ1n) is 13.5. The first-order valence-corrected chi connectivity index (χ1v) is 14.4. The van der Waals surface area contributed by atoms with E-state index in [1.807, 2.05) is 25.1 Å². The Morgan fingerprint density at radius 2 is 2.05 bits per heavy atom. The Morgan fingerprint density at radius 3 is 2.89 bits per heavy atom. The molecule has 0 bridgehead atoms. The second-order valence-corrected chi connectivity index (χ2v) is 13.1. The molecule has 38 heavy (non-hydrogen) atoms. The fourth-order valence-electron chi connectivity index (χ4n) is 8.53. The van der Waals surface area contributed by atoms with Gasteiger partial charge in [0.1, 0.15) is 5.60 Å². The molecule has 1 aromatic carbocycles. The summed E-state index contributed by atoms with van der Waals surface area (Å²) in [7, 11) is 0. The van der Waals surface area contributed by atoms with Gasteiger partial charge >= 0.3 is 0 Å². The molecule has 7 atom stereocenters. The number of hydrogen-bond acceptors (Lipinski definition) is 7. The lowest BCUT2D eigenvalue weighted by Crippen LogP contribution is -2.61. The summed E-state index contributed by atoms with van der Waals surface area (Å²) in [5.41, 5.74) is 1.95. The number of imidazole rings is 2. The zero-order valence-electron chi connectivity index (χ0n) is 21.5. The van der Waals surface area contributed by atoms with Gasteiger partial charge in [0.25, 0.3) is 0 Å². The van der Waals surface area contributed by atoms with E-state index in [2.05, 4.69) is 26.9 Å². The van der Waals surface area contributed by atoms with E-state index in [0.717, 1.165) is 46.9 Å². The molecule has 8 nitrogen and oxygen atoms in total. The first-order chi connectivity index (χ1) is 18.1. The number of carbonyl (C=O) groups is 2. The molecule has 0 amide bonds. The van der Waals surface area contributed by atoms with Gasteiger partial charge in [-0.25, -0.2) is 9.97 Å². The number of Topliss-reactive ketones (excluding diaryl/α,β-unsaturated/α-hetero) is 1. The summed E-state index contributed by atoms with van der Waals surface area (Å²) < 4.78 is 0. The average Bonchev–Trinajstić information content (AvgIpc) is 3.56. The zero-order valence-corrected chi connectivity index (χ0v) is 22.3. The highest BCUT2D eigenvalue weighted by molar-refractivity contribution is 7.99. The molecule has 3 saturated carbocycles. The normalized spacial score (nSPS) is 38.2. The van der Waals surface area contributed by atoms with E-state index < -0.39 is 17.1 Å². The zero-order chi connectivity index (χ0) is 26.4. The Kier molecular flexibility index (Phi) is 5.20. The monoisotopic (exact) mass is 532 g/mol. The van der Waals surface area contributed by atoms with Crippen LogP contribution in [0.5, 0.6) is 0 Å². The molecule has 4 aliphatic carbocycles. The molecule has 9 heteroatoms. The average molecular weight is 533 g/mol. The number of aliphatic hydroxyl groups is 2. The van der Waals surface area contributed by atoms with Crippen molar-refractivity contribution in [2.75, 3.05) is 5.75 Å². The van der Waals surface area contributed by atoms with Gasteiger partial charge in [0.15, 0.2) is 16.7 Å². The van der Waals surface area contributed by atoms with E-state index in [1.165, 1.54) is 11.8 Å². The molecule has 3 aromatic rings. The van der Waals surface area contributed by atoms with Crippen molar-refractivity contribution in [3.05, 3.63) is 42.3 Å². The summed E-state index contributed by atoms with van der Waals surface area (Å²) in [6.07, 6.45) is 9.58. The van der Waals surface area contributed by atoms with Crippen LogP contribution in [0.2, 0.25) is 0 Å². The number of H-pyrrole nitrogens is 2. The van der Waals surface area contributed by atoms with Crippen LogP contribution in [0.25, 0.3) is 22.1 Å². The number of fused-ring (bicyclic) bond motifs is 7. The van der Waals surface area contributed by atoms with Gasteiger partial charge in [-0.3, -0.25) is 9.59 Å². The first kappa shape index (κ1) is 24.3. The minimum absolute atomic E-state index is 0.0168. The van der Waals surface area contributed by atoms with Crippen molar-refractivity contribution in [1.82, 2.24) is 19.9 Å². The lowest BCUT2D eigenvalue weighted by molar-refractivity contribution is -0.174. The highest BCUT2D eigenvalue weighted by Crippen LogP contribution is 2.67. The second-order valence-electron chi connectivity index (χ2n) is 12.2. The molecule has 0 saturated heterocycles. The molecule has 0 aliphatic heterocycles. The Bertz CT molecular complexity index is 1510. The Labute approximate surface area is 224 Å². The van der Waals surface area contributed by atoms with E-state index in [9.17, 15) is 19.8 Å². The third-order valence-corrected chi connectivity index (χ3v) is 11.3.